The highest BCUT2D eigenvalue weighted by Crippen LogP contribution is 2.41. The number of halogens is 1. The Bertz CT molecular complexity index is 1490. The minimum atomic E-state index is -0.928. The van der Waals surface area contributed by atoms with Crippen molar-refractivity contribution in [1.82, 2.24) is 20.5 Å². The van der Waals surface area contributed by atoms with E-state index in [2.05, 4.69) is 43.7 Å². The number of hydrogen-bond acceptors (Lipinski definition) is 6. The van der Waals surface area contributed by atoms with Crippen molar-refractivity contribution < 1.29 is 19.1 Å². The van der Waals surface area contributed by atoms with Crippen molar-refractivity contribution in [2.75, 3.05) is 6.54 Å². The Hall–Kier alpha value is -3.08. The summed E-state index contributed by atoms with van der Waals surface area (Å²) in [5.41, 5.74) is 4.41. The number of aromatic nitrogens is 1. The van der Waals surface area contributed by atoms with Crippen LogP contribution >= 0.6 is 27.3 Å². The Labute approximate surface area is 272 Å². The van der Waals surface area contributed by atoms with E-state index in [1.165, 1.54) is 0 Å². The SMILES string of the molecule is Cc1ncsc1-c1ccc(C(C)NC(=O)C2CCCN2C(=O)C(NC(=O)C2(OCc3ccc(Br)cc3)CC2)C(C)(C)C)cc1. The summed E-state index contributed by atoms with van der Waals surface area (Å²) in [6.45, 7) is 10.5. The van der Waals surface area contributed by atoms with E-state index in [4.69, 9.17) is 4.74 Å². The molecule has 1 saturated heterocycles. The largest absolute Gasteiger partial charge is 0.360 e. The number of ether oxygens (including phenoxy) is 1. The smallest absolute Gasteiger partial charge is 0.252 e. The lowest BCUT2D eigenvalue weighted by Crippen LogP contribution is -2.59. The molecule has 8 nitrogen and oxygen atoms in total. The summed E-state index contributed by atoms with van der Waals surface area (Å²) >= 11 is 5.05. The van der Waals surface area contributed by atoms with Crippen LogP contribution in [0.5, 0.6) is 0 Å². The van der Waals surface area contributed by atoms with E-state index in [0.29, 0.717) is 32.4 Å². The Kier molecular flexibility index (Phi) is 9.63. The van der Waals surface area contributed by atoms with Crippen LogP contribution < -0.4 is 10.6 Å². The van der Waals surface area contributed by atoms with Crippen molar-refractivity contribution >= 4 is 45.0 Å². The molecule has 5 rings (SSSR count). The number of amides is 3. The van der Waals surface area contributed by atoms with Crippen LogP contribution in [0.1, 0.15) is 76.2 Å². The van der Waals surface area contributed by atoms with Crippen LogP contribution in [0.3, 0.4) is 0 Å². The molecule has 2 aromatic carbocycles. The van der Waals surface area contributed by atoms with Crippen LogP contribution in [-0.2, 0) is 25.7 Å². The Morgan fingerprint density at radius 2 is 1.77 bits per heavy atom. The fourth-order valence-electron chi connectivity index (χ4n) is 5.63. The maximum atomic E-state index is 14.0. The van der Waals surface area contributed by atoms with Gasteiger partial charge in [0, 0.05) is 11.0 Å². The molecule has 3 aromatic rings. The number of hydrogen-bond donors (Lipinski definition) is 2. The molecule has 1 aliphatic heterocycles. The van der Waals surface area contributed by atoms with Crippen molar-refractivity contribution in [3.8, 4) is 10.4 Å². The van der Waals surface area contributed by atoms with Gasteiger partial charge >= 0.3 is 0 Å². The third-order valence-electron chi connectivity index (χ3n) is 8.55. The van der Waals surface area contributed by atoms with E-state index in [1.807, 2.05) is 76.5 Å². The Morgan fingerprint density at radius 3 is 2.36 bits per heavy atom. The molecule has 3 unspecified atom stereocenters. The molecule has 234 valence electrons. The zero-order valence-corrected chi connectivity index (χ0v) is 28.4. The first kappa shape index (κ1) is 32.3. The monoisotopic (exact) mass is 680 g/mol. The molecule has 1 aliphatic carbocycles. The summed E-state index contributed by atoms with van der Waals surface area (Å²) in [5, 5.41) is 6.15. The molecule has 10 heteroatoms. The van der Waals surface area contributed by atoms with E-state index in [1.54, 1.807) is 16.2 Å². The van der Waals surface area contributed by atoms with Crippen LogP contribution in [0.4, 0.5) is 0 Å². The van der Waals surface area contributed by atoms with Gasteiger partial charge in [0.15, 0.2) is 0 Å². The number of aryl methyl sites for hydroxylation is 1. The second-order valence-corrected chi connectivity index (χ2v) is 14.8. The number of thiazole rings is 1. The normalized spacial score (nSPS) is 18.9. The number of rotatable bonds is 10. The van der Waals surface area contributed by atoms with Crippen molar-refractivity contribution in [3.63, 3.8) is 0 Å². The predicted octanol–water partition coefficient (Wildman–Crippen LogP) is 6.33. The topological polar surface area (TPSA) is 101 Å². The number of carbonyl (C=O) groups excluding carboxylic acids is 3. The summed E-state index contributed by atoms with van der Waals surface area (Å²) in [6, 6.07) is 14.3. The van der Waals surface area contributed by atoms with E-state index < -0.39 is 23.1 Å². The van der Waals surface area contributed by atoms with Crippen molar-refractivity contribution in [2.45, 2.75) is 90.6 Å². The second kappa shape index (κ2) is 13.1. The summed E-state index contributed by atoms with van der Waals surface area (Å²) in [7, 11) is 0. The Balaban J connectivity index is 1.22. The fourth-order valence-corrected chi connectivity index (χ4v) is 6.70. The molecule has 3 atom stereocenters. The fraction of sp³-hybridized carbons (Fsp3) is 0.471. The number of nitrogens with one attached hydrogen (secondary N) is 2. The van der Waals surface area contributed by atoms with Crippen molar-refractivity contribution in [3.05, 3.63) is 75.3 Å². The van der Waals surface area contributed by atoms with Gasteiger partial charge in [-0.1, -0.05) is 73.1 Å². The van der Waals surface area contributed by atoms with Crippen molar-refractivity contribution in [2.24, 2.45) is 5.41 Å². The van der Waals surface area contributed by atoms with Crippen LogP contribution in [0.15, 0.2) is 58.5 Å². The minimum absolute atomic E-state index is 0.179. The van der Waals surface area contributed by atoms with Gasteiger partial charge in [-0.05, 0) is 73.8 Å². The molecular weight excluding hydrogens is 640 g/mol. The van der Waals surface area contributed by atoms with Crippen LogP contribution in [0.25, 0.3) is 10.4 Å². The molecule has 2 N–H and O–H groups in total. The second-order valence-electron chi connectivity index (χ2n) is 13.0. The first-order valence-electron chi connectivity index (χ1n) is 15.2. The van der Waals surface area contributed by atoms with E-state index >= 15 is 0 Å². The average molecular weight is 682 g/mol. The lowest BCUT2D eigenvalue weighted by Gasteiger charge is -2.36. The van der Waals surface area contributed by atoms with Crippen LogP contribution in [-0.4, -0.2) is 51.8 Å². The van der Waals surface area contributed by atoms with Gasteiger partial charge in [-0.25, -0.2) is 4.98 Å². The van der Waals surface area contributed by atoms with Gasteiger partial charge in [0.05, 0.1) is 28.7 Å². The van der Waals surface area contributed by atoms with Gasteiger partial charge in [-0.2, -0.15) is 0 Å². The highest BCUT2D eigenvalue weighted by Gasteiger charge is 2.53. The molecule has 44 heavy (non-hydrogen) atoms. The van der Waals surface area contributed by atoms with Gasteiger partial charge < -0.3 is 20.3 Å². The molecule has 3 amide bonds. The third-order valence-corrected chi connectivity index (χ3v) is 10.1. The molecule has 0 bridgehead atoms. The number of nitrogens with zero attached hydrogens (tertiary/aromatic N) is 2. The number of carbonyl (C=O) groups is 3. The van der Waals surface area contributed by atoms with E-state index in [9.17, 15) is 14.4 Å². The average Bonchev–Trinajstić information content (AvgIpc) is 3.39. The summed E-state index contributed by atoms with van der Waals surface area (Å²) in [6.07, 6.45) is 2.53. The third kappa shape index (κ3) is 7.24. The zero-order valence-electron chi connectivity index (χ0n) is 26.0. The first-order valence-corrected chi connectivity index (χ1v) is 16.9. The molecule has 2 heterocycles. The van der Waals surface area contributed by atoms with E-state index in [0.717, 1.165) is 38.2 Å². The maximum absolute atomic E-state index is 14.0. The lowest BCUT2D eigenvalue weighted by molar-refractivity contribution is -0.147. The van der Waals surface area contributed by atoms with E-state index in [-0.39, 0.29) is 23.8 Å². The first-order chi connectivity index (χ1) is 20.9. The molecule has 0 radical (unpaired) electrons. The molecule has 2 aliphatic rings. The van der Waals surface area contributed by atoms with Gasteiger partial charge in [-0.15, -0.1) is 11.3 Å². The predicted molar refractivity (Wildman–Crippen MR) is 176 cm³/mol. The molecule has 0 spiro atoms. The quantitative estimate of drug-likeness (QED) is 0.261. The highest BCUT2D eigenvalue weighted by molar-refractivity contribution is 9.10. The minimum Gasteiger partial charge on any atom is -0.360 e. The molecule has 1 aromatic heterocycles. The standard InChI is InChI=1S/C34H41BrN4O4S/c1-21(24-10-12-25(13-11-24)28-22(2)36-20-44-28)37-30(40)27-7-6-18-39(27)31(41)29(33(3,4)5)38-32(42)34(16-17-34)43-19-23-8-14-26(35)15-9-23/h8-15,20-21,27,29H,6-7,16-19H2,1-5H3,(H,37,40)(H,38,42). The Morgan fingerprint density at radius 1 is 1.09 bits per heavy atom. The highest BCUT2D eigenvalue weighted by atomic mass is 79.9. The van der Waals surface area contributed by atoms with Gasteiger partial charge in [0.25, 0.3) is 5.91 Å². The lowest BCUT2D eigenvalue weighted by atomic mass is 9.85. The van der Waals surface area contributed by atoms with Gasteiger partial charge in [0.1, 0.15) is 17.7 Å². The molecular formula is C34H41BrN4O4S. The zero-order chi connectivity index (χ0) is 31.6. The summed E-state index contributed by atoms with van der Waals surface area (Å²) in [4.78, 5) is 48.2. The van der Waals surface area contributed by atoms with Gasteiger partial charge in [0.2, 0.25) is 11.8 Å². The number of benzene rings is 2. The summed E-state index contributed by atoms with van der Waals surface area (Å²) < 4.78 is 7.09. The van der Waals surface area contributed by atoms with Crippen LogP contribution in [0.2, 0.25) is 0 Å². The molecule has 2 fully saturated rings. The summed E-state index contributed by atoms with van der Waals surface area (Å²) in [5.74, 6) is -0.681. The maximum Gasteiger partial charge on any atom is 0.252 e. The molecule has 1 saturated carbocycles. The van der Waals surface area contributed by atoms with Gasteiger partial charge in [-0.3, -0.25) is 14.4 Å². The van der Waals surface area contributed by atoms with Crippen molar-refractivity contribution in [1.29, 1.82) is 0 Å². The number of likely N-dealkylation sites (tertiary alicyclic amines) is 1. The van der Waals surface area contributed by atoms with Crippen LogP contribution in [0, 0.1) is 12.3 Å².